The zero-order chi connectivity index (χ0) is 12.7. The molecule has 0 amide bonds. The fourth-order valence-corrected chi connectivity index (χ4v) is 4.63. The smallest absolute Gasteiger partial charge is 0.107 e. The van der Waals surface area contributed by atoms with Gasteiger partial charge in [0.15, 0.2) is 0 Å². The second-order valence-electron chi connectivity index (χ2n) is 6.56. The van der Waals surface area contributed by atoms with Crippen LogP contribution in [0.4, 0.5) is 0 Å². The molecular weight excluding hydrogens is 254 g/mol. The van der Waals surface area contributed by atoms with E-state index in [1.165, 1.54) is 56.6 Å². The van der Waals surface area contributed by atoms with Gasteiger partial charge < -0.3 is 5.32 Å². The van der Waals surface area contributed by atoms with E-state index in [1.54, 1.807) is 0 Å². The molecule has 3 nitrogen and oxygen atoms in total. The van der Waals surface area contributed by atoms with Crippen molar-refractivity contribution in [3.05, 3.63) is 16.6 Å². The Morgan fingerprint density at radius 2 is 2.21 bits per heavy atom. The Labute approximate surface area is 119 Å². The summed E-state index contributed by atoms with van der Waals surface area (Å²) in [5.74, 6) is 0.956. The zero-order valence-electron chi connectivity index (χ0n) is 11.5. The van der Waals surface area contributed by atoms with Gasteiger partial charge in [0.05, 0.1) is 6.54 Å². The summed E-state index contributed by atoms with van der Waals surface area (Å²) in [6, 6.07) is 0.742. The van der Waals surface area contributed by atoms with Crippen molar-refractivity contribution < 1.29 is 0 Å². The number of nitrogens with zero attached hydrogens (tertiary/aromatic N) is 2. The first kappa shape index (κ1) is 12.3. The molecule has 1 aromatic rings. The summed E-state index contributed by atoms with van der Waals surface area (Å²) < 4.78 is 0. The average Bonchev–Trinajstić information content (AvgIpc) is 2.95. The second-order valence-corrected chi connectivity index (χ2v) is 7.54. The molecule has 0 bridgehead atoms. The summed E-state index contributed by atoms with van der Waals surface area (Å²) in [6.07, 6.45) is 10.4. The first-order valence-electron chi connectivity index (χ1n) is 7.73. The van der Waals surface area contributed by atoms with Gasteiger partial charge in [0.2, 0.25) is 0 Å². The summed E-state index contributed by atoms with van der Waals surface area (Å²) in [5.41, 5.74) is 0.442. The predicted octanol–water partition coefficient (Wildman–Crippen LogP) is 2.64. The molecule has 19 heavy (non-hydrogen) atoms. The summed E-state index contributed by atoms with van der Waals surface area (Å²) in [7, 11) is 0. The van der Waals surface area contributed by atoms with Crippen molar-refractivity contribution >= 4 is 11.3 Å². The van der Waals surface area contributed by atoms with Crippen molar-refractivity contribution in [2.75, 3.05) is 13.1 Å². The normalized spacial score (nSPS) is 31.1. The van der Waals surface area contributed by atoms with E-state index in [4.69, 9.17) is 0 Å². The van der Waals surface area contributed by atoms with Crippen LogP contribution >= 0.6 is 11.3 Å². The maximum Gasteiger partial charge on any atom is 0.107 e. The van der Waals surface area contributed by atoms with Crippen LogP contribution in [-0.2, 0) is 6.54 Å². The van der Waals surface area contributed by atoms with Gasteiger partial charge in [-0.2, -0.15) is 0 Å². The third kappa shape index (κ3) is 2.34. The Morgan fingerprint density at radius 1 is 1.37 bits per heavy atom. The number of nitrogens with one attached hydrogen (secondary N) is 1. The minimum atomic E-state index is 0.442. The maximum absolute atomic E-state index is 4.51. The highest BCUT2D eigenvalue weighted by Crippen LogP contribution is 2.41. The molecule has 2 aliphatic carbocycles. The maximum atomic E-state index is 4.51. The van der Waals surface area contributed by atoms with Gasteiger partial charge in [-0.25, -0.2) is 4.98 Å². The summed E-state index contributed by atoms with van der Waals surface area (Å²) in [5, 5.41) is 7.27. The minimum absolute atomic E-state index is 0.442. The number of hydrogen-bond acceptors (Lipinski definition) is 4. The molecule has 0 radical (unpaired) electrons. The molecular formula is C15H23N3S. The summed E-state index contributed by atoms with van der Waals surface area (Å²) in [4.78, 5) is 7.28. The average molecular weight is 277 g/mol. The second kappa shape index (κ2) is 4.83. The van der Waals surface area contributed by atoms with Crippen molar-refractivity contribution in [1.82, 2.24) is 15.2 Å². The number of aromatic nitrogens is 1. The topological polar surface area (TPSA) is 28.2 Å². The van der Waals surface area contributed by atoms with Crippen LogP contribution in [0.25, 0.3) is 0 Å². The van der Waals surface area contributed by atoms with Gasteiger partial charge in [0, 0.05) is 36.2 Å². The standard InChI is InChI=1S/C15H23N3S/c1-2-6-15(5-1)11-17-13(12-3-4-12)9-18(15)10-14-16-7-8-19-14/h7-8,12-13,17H,1-6,9-11H2. The molecule has 1 saturated heterocycles. The van der Waals surface area contributed by atoms with E-state index in [1.807, 2.05) is 17.5 Å². The SMILES string of the molecule is c1csc(CN2CC(C3CC3)NCC23CCCC3)n1. The van der Waals surface area contributed by atoms with Crippen LogP contribution in [0.1, 0.15) is 43.5 Å². The molecule has 4 heteroatoms. The minimum Gasteiger partial charge on any atom is -0.311 e. The number of hydrogen-bond donors (Lipinski definition) is 1. The molecule has 0 aromatic carbocycles. The van der Waals surface area contributed by atoms with E-state index in [-0.39, 0.29) is 0 Å². The van der Waals surface area contributed by atoms with E-state index in [0.717, 1.165) is 18.5 Å². The van der Waals surface area contributed by atoms with Crippen LogP contribution in [0.5, 0.6) is 0 Å². The quantitative estimate of drug-likeness (QED) is 0.920. The first-order valence-corrected chi connectivity index (χ1v) is 8.61. The Kier molecular flexibility index (Phi) is 3.13. The van der Waals surface area contributed by atoms with Crippen LogP contribution in [0.3, 0.4) is 0 Å². The lowest BCUT2D eigenvalue weighted by Gasteiger charge is -2.48. The van der Waals surface area contributed by atoms with E-state index in [2.05, 4.69) is 20.6 Å². The molecule has 1 aromatic heterocycles. The Morgan fingerprint density at radius 3 is 2.89 bits per heavy atom. The van der Waals surface area contributed by atoms with E-state index in [9.17, 15) is 0 Å². The van der Waals surface area contributed by atoms with Crippen molar-refractivity contribution in [3.8, 4) is 0 Å². The largest absolute Gasteiger partial charge is 0.311 e. The molecule has 2 heterocycles. The van der Waals surface area contributed by atoms with Gasteiger partial charge in [0.25, 0.3) is 0 Å². The molecule has 1 unspecified atom stereocenters. The van der Waals surface area contributed by atoms with E-state index >= 15 is 0 Å². The molecule has 104 valence electrons. The Hall–Kier alpha value is -0.450. The van der Waals surface area contributed by atoms with E-state index < -0.39 is 0 Å². The fourth-order valence-electron chi connectivity index (χ4n) is 4.00. The molecule has 3 fully saturated rings. The van der Waals surface area contributed by atoms with Crippen molar-refractivity contribution in [2.45, 2.75) is 56.7 Å². The van der Waals surface area contributed by atoms with Gasteiger partial charge in [-0.3, -0.25) is 4.90 Å². The Bertz CT molecular complexity index is 421. The lowest BCUT2D eigenvalue weighted by molar-refractivity contribution is 0.0311. The van der Waals surface area contributed by atoms with Crippen LogP contribution < -0.4 is 5.32 Å². The molecule has 3 aliphatic rings. The third-order valence-electron chi connectivity index (χ3n) is 5.32. The Balaban J connectivity index is 1.53. The van der Waals surface area contributed by atoms with Gasteiger partial charge in [0.1, 0.15) is 5.01 Å². The highest BCUT2D eigenvalue weighted by molar-refractivity contribution is 7.09. The zero-order valence-corrected chi connectivity index (χ0v) is 12.3. The van der Waals surface area contributed by atoms with Gasteiger partial charge in [-0.15, -0.1) is 11.3 Å². The van der Waals surface area contributed by atoms with Gasteiger partial charge >= 0.3 is 0 Å². The lowest BCUT2D eigenvalue weighted by Crippen LogP contribution is -2.63. The highest BCUT2D eigenvalue weighted by atomic mass is 32.1. The van der Waals surface area contributed by atoms with Crippen LogP contribution in [0, 0.1) is 5.92 Å². The number of piperazine rings is 1. The first-order chi connectivity index (χ1) is 9.36. The van der Waals surface area contributed by atoms with Gasteiger partial charge in [-0.1, -0.05) is 12.8 Å². The van der Waals surface area contributed by atoms with E-state index in [0.29, 0.717) is 5.54 Å². The van der Waals surface area contributed by atoms with Crippen LogP contribution in [-0.4, -0.2) is 34.6 Å². The third-order valence-corrected chi connectivity index (χ3v) is 6.08. The predicted molar refractivity (Wildman–Crippen MR) is 78.2 cm³/mol. The number of rotatable bonds is 3. The monoisotopic (exact) mass is 277 g/mol. The molecule has 1 N–H and O–H groups in total. The molecule has 2 saturated carbocycles. The van der Waals surface area contributed by atoms with Crippen LogP contribution in [0.15, 0.2) is 11.6 Å². The van der Waals surface area contributed by atoms with Crippen LogP contribution in [0.2, 0.25) is 0 Å². The number of thiazole rings is 1. The van der Waals surface area contributed by atoms with Crippen molar-refractivity contribution in [2.24, 2.45) is 5.92 Å². The molecule has 1 atom stereocenters. The molecule has 1 aliphatic heterocycles. The summed E-state index contributed by atoms with van der Waals surface area (Å²) in [6.45, 7) is 3.52. The summed E-state index contributed by atoms with van der Waals surface area (Å²) >= 11 is 1.81. The van der Waals surface area contributed by atoms with Gasteiger partial charge in [-0.05, 0) is 31.6 Å². The highest BCUT2D eigenvalue weighted by Gasteiger charge is 2.46. The fraction of sp³-hybridized carbons (Fsp3) is 0.800. The molecule has 4 rings (SSSR count). The lowest BCUT2D eigenvalue weighted by atomic mass is 9.90. The van der Waals surface area contributed by atoms with Crippen molar-refractivity contribution in [3.63, 3.8) is 0 Å². The van der Waals surface area contributed by atoms with Crippen molar-refractivity contribution in [1.29, 1.82) is 0 Å². The molecule has 1 spiro atoms.